The van der Waals surface area contributed by atoms with Crippen molar-refractivity contribution in [3.8, 4) is 0 Å². The van der Waals surface area contributed by atoms with Crippen molar-refractivity contribution >= 4 is 17.5 Å². The van der Waals surface area contributed by atoms with Crippen molar-refractivity contribution in [1.82, 2.24) is 9.97 Å². The van der Waals surface area contributed by atoms with Gasteiger partial charge in [0.25, 0.3) is 0 Å². The molecule has 3 rings (SSSR count). The first kappa shape index (κ1) is 19.8. The maximum atomic E-state index is 14.7. The van der Waals surface area contributed by atoms with Crippen LogP contribution < -0.4 is 5.73 Å². The molecule has 0 aliphatic heterocycles. The molecule has 2 aliphatic carbocycles. The number of carbonyl (C=O) groups is 1. The maximum absolute atomic E-state index is 14.7. The first-order valence-corrected chi connectivity index (χ1v) is 8.96. The predicted molar refractivity (Wildman–Crippen MR) is 91.3 cm³/mol. The summed E-state index contributed by atoms with van der Waals surface area (Å²) in [5.41, 5.74) is 4.17. The molecule has 0 saturated heterocycles. The lowest BCUT2D eigenvalue weighted by Gasteiger charge is -2.36. The SMILES string of the molecule is NC(=O)C1(CC(CC2CC2)c2cnc(C(F)(F)F)nc2)C(F)=CC=CC1Cl. The second-order valence-corrected chi connectivity index (χ2v) is 7.52. The van der Waals surface area contributed by atoms with Crippen LogP contribution in [0.2, 0.25) is 0 Å². The van der Waals surface area contributed by atoms with Crippen molar-refractivity contribution < 1.29 is 22.4 Å². The summed E-state index contributed by atoms with van der Waals surface area (Å²) < 4.78 is 52.8. The molecule has 0 aromatic carbocycles. The molecule has 0 radical (unpaired) electrons. The van der Waals surface area contributed by atoms with Gasteiger partial charge in [-0.2, -0.15) is 13.2 Å². The van der Waals surface area contributed by atoms with Crippen molar-refractivity contribution in [2.24, 2.45) is 17.1 Å². The molecule has 0 spiro atoms. The Kier molecular flexibility index (Phi) is 5.29. The molecule has 2 N–H and O–H groups in total. The van der Waals surface area contributed by atoms with Crippen LogP contribution in [0.5, 0.6) is 0 Å². The van der Waals surface area contributed by atoms with Gasteiger partial charge in [-0.3, -0.25) is 4.79 Å². The van der Waals surface area contributed by atoms with Gasteiger partial charge in [0.1, 0.15) is 11.2 Å². The van der Waals surface area contributed by atoms with E-state index in [0.29, 0.717) is 17.9 Å². The van der Waals surface area contributed by atoms with Gasteiger partial charge in [0.05, 0.1) is 5.38 Å². The number of alkyl halides is 4. The monoisotopic (exact) mass is 403 g/mol. The Hall–Kier alpha value is -1.96. The lowest BCUT2D eigenvalue weighted by molar-refractivity contribution is -0.145. The van der Waals surface area contributed by atoms with Crippen molar-refractivity contribution in [3.05, 3.63) is 47.8 Å². The molecule has 4 nitrogen and oxygen atoms in total. The second kappa shape index (κ2) is 7.22. The Bertz CT molecular complexity index is 774. The van der Waals surface area contributed by atoms with Crippen molar-refractivity contribution in [1.29, 1.82) is 0 Å². The standard InChI is InChI=1S/C18H18ClF4N3O/c19-13-2-1-3-14(20)17(13,15(24)27)7-11(6-10-4-5-10)12-8-25-16(26-9-12)18(21,22)23/h1-3,8-11,13H,4-7H2,(H2,24,27). The summed E-state index contributed by atoms with van der Waals surface area (Å²) in [6.07, 6.45) is 4.01. The minimum atomic E-state index is -4.65. The Morgan fingerprint density at radius 2 is 1.96 bits per heavy atom. The maximum Gasteiger partial charge on any atom is 0.451 e. The van der Waals surface area contributed by atoms with Crippen molar-refractivity contribution in [2.75, 3.05) is 0 Å². The van der Waals surface area contributed by atoms with E-state index >= 15 is 0 Å². The number of carbonyl (C=O) groups excluding carboxylic acids is 1. The van der Waals surface area contributed by atoms with E-state index in [1.165, 1.54) is 12.2 Å². The largest absolute Gasteiger partial charge is 0.451 e. The van der Waals surface area contributed by atoms with Crippen LogP contribution in [-0.4, -0.2) is 21.3 Å². The van der Waals surface area contributed by atoms with Gasteiger partial charge in [-0.05, 0) is 36.3 Å². The molecule has 1 aromatic rings. The van der Waals surface area contributed by atoms with Crippen LogP contribution in [0.3, 0.4) is 0 Å². The highest BCUT2D eigenvalue weighted by Gasteiger charge is 2.50. The highest BCUT2D eigenvalue weighted by molar-refractivity contribution is 6.24. The summed E-state index contributed by atoms with van der Waals surface area (Å²) >= 11 is 6.25. The van der Waals surface area contributed by atoms with E-state index in [0.717, 1.165) is 31.3 Å². The fraction of sp³-hybridized carbons (Fsp3) is 0.500. The number of amides is 1. The van der Waals surface area contributed by atoms with Gasteiger partial charge in [-0.25, -0.2) is 14.4 Å². The zero-order valence-electron chi connectivity index (χ0n) is 14.2. The molecule has 1 heterocycles. The van der Waals surface area contributed by atoms with E-state index in [2.05, 4.69) is 9.97 Å². The Morgan fingerprint density at radius 1 is 1.33 bits per heavy atom. The summed E-state index contributed by atoms with van der Waals surface area (Å²) in [6, 6.07) is 0. The molecule has 0 bridgehead atoms. The topological polar surface area (TPSA) is 68.9 Å². The summed E-state index contributed by atoms with van der Waals surface area (Å²) in [7, 11) is 0. The van der Waals surface area contributed by atoms with Crippen LogP contribution in [0.1, 0.15) is 43.0 Å². The highest BCUT2D eigenvalue weighted by atomic mass is 35.5. The zero-order chi connectivity index (χ0) is 19.8. The minimum absolute atomic E-state index is 0.0611. The fourth-order valence-electron chi connectivity index (χ4n) is 3.42. The van der Waals surface area contributed by atoms with E-state index < -0.39 is 40.4 Å². The number of aromatic nitrogens is 2. The average Bonchev–Trinajstić information content (AvgIpc) is 3.40. The van der Waals surface area contributed by atoms with E-state index in [4.69, 9.17) is 17.3 Å². The molecule has 1 fully saturated rings. The highest BCUT2D eigenvalue weighted by Crippen LogP contribution is 2.49. The smallest absolute Gasteiger partial charge is 0.369 e. The number of rotatable bonds is 6. The summed E-state index contributed by atoms with van der Waals surface area (Å²) in [5.74, 6) is -2.98. The molecular weight excluding hydrogens is 386 g/mol. The lowest BCUT2D eigenvalue weighted by atomic mass is 9.70. The van der Waals surface area contributed by atoms with Crippen molar-refractivity contribution in [2.45, 2.75) is 43.2 Å². The average molecular weight is 404 g/mol. The number of nitrogens with zero attached hydrogens (tertiary/aromatic N) is 2. The number of hydrogen-bond donors (Lipinski definition) is 1. The van der Waals surface area contributed by atoms with Crippen LogP contribution in [0.15, 0.2) is 36.4 Å². The van der Waals surface area contributed by atoms with Crippen molar-refractivity contribution in [3.63, 3.8) is 0 Å². The quantitative estimate of drug-likeness (QED) is 0.569. The predicted octanol–water partition coefficient (Wildman–Crippen LogP) is 4.27. The van der Waals surface area contributed by atoms with Gasteiger partial charge in [0.2, 0.25) is 11.7 Å². The molecular formula is C18H18ClF4N3O. The first-order valence-electron chi connectivity index (χ1n) is 8.52. The minimum Gasteiger partial charge on any atom is -0.369 e. The molecule has 1 aromatic heterocycles. The van der Waals surface area contributed by atoms with Gasteiger partial charge in [0.15, 0.2) is 0 Å². The van der Waals surface area contributed by atoms with Gasteiger partial charge < -0.3 is 5.73 Å². The Morgan fingerprint density at radius 3 is 2.44 bits per heavy atom. The molecule has 2 aliphatic rings. The number of allylic oxidation sites excluding steroid dienone is 3. The summed E-state index contributed by atoms with van der Waals surface area (Å²) in [6.45, 7) is 0. The van der Waals surface area contributed by atoms with Gasteiger partial charge >= 0.3 is 6.18 Å². The molecule has 27 heavy (non-hydrogen) atoms. The summed E-state index contributed by atoms with van der Waals surface area (Å²) in [4.78, 5) is 19.0. The fourth-order valence-corrected chi connectivity index (χ4v) is 3.81. The molecule has 1 amide bonds. The number of halogens is 5. The van der Waals surface area contributed by atoms with Gasteiger partial charge in [-0.1, -0.05) is 25.0 Å². The van der Waals surface area contributed by atoms with E-state index in [-0.39, 0.29) is 6.42 Å². The van der Waals surface area contributed by atoms with Crippen LogP contribution in [0, 0.1) is 11.3 Å². The molecule has 146 valence electrons. The van der Waals surface area contributed by atoms with E-state index in [1.807, 2.05) is 0 Å². The second-order valence-electron chi connectivity index (χ2n) is 7.05. The van der Waals surface area contributed by atoms with Gasteiger partial charge in [0, 0.05) is 12.4 Å². The molecule has 1 saturated carbocycles. The number of nitrogens with two attached hydrogens (primary N) is 1. The van der Waals surface area contributed by atoms with E-state index in [9.17, 15) is 22.4 Å². The first-order chi connectivity index (χ1) is 12.6. The van der Waals surface area contributed by atoms with Crippen LogP contribution in [0.25, 0.3) is 0 Å². The number of hydrogen-bond acceptors (Lipinski definition) is 3. The third kappa shape index (κ3) is 4.00. The van der Waals surface area contributed by atoms with Crippen LogP contribution >= 0.6 is 11.6 Å². The zero-order valence-corrected chi connectivity index (χ0v) is 15.0. The van der Waals surface area contributed by atoms with Crippen LogP contribution in [0.4, 0.5) is 17.6 Å². The Labute approximate surface area is 158 Å². The third-order valence-electron chi connectivity index (χ3n) is 5.14. The summed E-state index contributed by atoms with van der Waals surface area (Å²) in [5, 5.41) is -0.989. The Balaban J connectivity index is 1.94. The normalized spacial score (nSPS) is 26.6. The molecule has 3 unspecified atom stereocenters. The lowest BCUT2D eigenvalue weighted by Crippen LogP contribution is -2.46. The van der Waals surface area contributed by atoms with Gasteiger partial charge in [-0.15, -0.1) is 11.6 Å². The third-order valence-corrected chi connectivity index (χ3v) is 5.66. The van der Waals surface area contributed by atoms with Crippen LogP contribution in [-0.2, 0) is 11.0 Å². The van der Waals surface area contributed by atoms with E-state index in [1.54, 1.807) is 0 Å². The number of primary amides is 1. The molecule has 9 heteroatoms. The molecule has 3 atom stereocenters.